The normalized spacial score (nSPS) is 33.1. The summed E-state index contributed by atoms with van der Waals surface area (Å²) in [6.45, 7) is 11.6. The Hall–Kier alpha value is -2.09. The molecule has 2 N–H and O–H groups in total. The van der Waals surface area contributed by atoms with E-state index in [1.54, 1.807) is 12.2 Å². The average Bonchev–Trinajstić information content (AvgIpc) is 2.74. The highest BCUT2D eigenvalue weighted by Gasteiger charge is 2.35. The van der Waals surface area contributed by atoms with Gasteiger partial charge >= 0.3 is 0 Å². The van der Waals surface area contributed by atoms with Crippen LogP contribution in [-0.2, 0) is 23.9 Å². The maximum atomic E-state index is 12.1. The van der Waals surface area contributed by atoms with Gasteiger partial charge in [-0.3, -0.25) is 14.4 Å². The van der Waals surface area contributed by atoms with Crippen LogP contribution in [-0.4, -0.2) is 59.1 Å². The lowest BCUT2D eigenvalue weighted by molar-refractivity contribution is -0.153. The average molecular weight is 476 g/mol. The molecule has 0 aromatic rings. The predicted octanol–water partition coefficient (Wildman–Crippen LogP) is 3.46. The number of aliphatic hydroxyl groups excluding tert-OH is 1. The lowest BCUT2D eigenvalue weighted by atomic mass is 9.88. The largest absolute Gasteiger partial charge is 0.382 e. The van der Waals surface area contributed by atoms with Gasteiger partial charge in [0.2, 0.25) is 5.91 Å². The van der Waals surface area contributed by atoms with E-state index in [9.17, 15) is 19.5 Å². The summed E-state index contributed by atoms with van der Waals surface area (Å²) >= 11 is 0. The Kier molecular flexibility index (Phi) is 10.9. The van der Waals surface area contributed by atoms with Gasteiger partial charge in [0, 0.05) is 12.8 Å². The highest BCUT2D eigenvalue weighted by Crippen LogP contribution is 2.28. The van der Waals surface area contributed by atoms with Crippen molar-refractivity contribution < 1.29 is 29.0 Å². The first kappa shape index (κ1) is 28.1. The molecular weight excluding hydrogens is 434 g/mol. The molecule has 2 fully saturated rings. The van der Waals surface area contributed by atoms with Crippen molar-refractivity contribution in [3.05, 3.63) is 36.0 Å². The third kappa shape index (κ3) is 8.93. The van der Waals surface area contributed by atoms with Crippen molar-refractivity contribution in [2.24, 2.45) is 11.8 Å². The maximum Gasteiger partial charge on any atom is 0.243 e. The van der Waals surface area contributed by atoms with Gasteiger partial charge in [-0.05, 0) is 51.5 Å². The molecule has 7 nitrogen and oxygen atoms in total. The van der Waals surface area contributed by atoms with E-state index in [1.807, 2.05) is 39.8 Å². The Bertz CT molecular complexity index is 814. The number of aliphatic hydroxyl groups is 1. The molecule has 7 heteroatoms. The summed E-state index contributed by atoms with van der Waals surface area (Å²) in [6.07, 6.45) is 8.35. The van der Waals surface area contributed by atoms with Gasteiger partial charge in [-0.2, -0.15) is 0 Å². The zero-order chi connectivity index (χ0) is 25.4. The Balaban J connectivity index is 1.90. The summed E-state index contributed by atoms with van der Waals surface area (Å²) in [5, 5.41) is 13.2. The monoisotopic (exact) mass is 475 g/mol. The van der Waals surface area contributed by atoms with E-state index in [-0.39, 0.29) is 54.5 Å². The van der Waals surface area contributed by atoms with Crippen LogP contribution >= 0.6 is 0 Å². The molecule has 0 spiro atoms. The van der Waals surface area contributed by atoms with Crippen LogP contribution < -0.4 is 5.32 Å². The number of ketones is 2. The van der Waals surface area contributed by atoms with E-state index in [1.165, 1.54) is 6.92 Å². The highest BCUT2D eigenvalue weighted by atomic mass is 16.5. The van der Waals surface area contributed by atoms with Crippen LogP contribution in [0.3, 0.4) is 0 Å². The van der Waals surface area contributed by atoms with Gasteiger partial charge in [0.15, 0.2) is 5.78 Å². The number of hydrogen-bond acceptors (Lipinski definition) is 6. The van der Waals surface area contributed by atoms with Crippen molar-refractivity contribution in [1.82, 2.24) is 5.32 Å². The number of ether oxygens (including phenoxy) is 2. The second kappa shape index (κ2) is 13.1. The van der Waals surface area contributed by atoms with Gasteiger partial charge < -0.3 is 19.9 Å². The minimum Gasteiger partial charge on any atom is -0.382 e. The maximum absolute atomic E-state index is 12.1. The van der Waals surface area contributed by atoms with Crippen LogP contribution in [0.2, 0.25) is 0 Å². The number of carbonyl (C=O) groups is 3. The van der Waals surface area contributed by atoms with E-state index in [0.29, 0.717) is 5.92 Å². The molecule has 0 saturated carbocycles. The summed E-state index contributed by atoms with van der Waals surface area (Å²) in [5.41, 5.74) is 0.967. The zero-order valence-corrected chi connectivity index (χ0v) is 21.3. The minimum atomic E-state index is -1.21. The third-order valence-corrected chi connectivity index (χ3v) is 6.33. The van der Waals surface area contributed by atoms with Gasteiger partial charge in [-0.1, -0.05) is 50.6 Å². The summed E-state index contributed by atoms with van der Waals surface area (Å²) in [6, 6.07) is -0.0223. The predicted molar refractivity (Wildman–Crippen MR) is 131 cm³/mol. The summed E-state index contributed by atoms with van der Waals surface area (Å²) < 4.78 is 12.0. The van der Waals surface area contributed by atoms with E-state index in [0.717, 1.165) is 18.4 Å². The second-order valence-corrected chi connectivity index (χ2v) is 10.1. The molecule has 2 aliphatic heterocycles. The number of hydrogen-bond donors (Lipinski definition) is 2. The Morgan fingerprint density at radius 3 is 2.53 bits per heavy atom. The molecule has 190 valence electrons. The topological polar surface area (TPSA) is 102 Å². The van der Waals surface area contributed by atoms with Gasteiger partial charge in [0.25, 0.3) is 0 Å². The van der Waals surface area contributed by atoms with E-state index in [4.69, 9.17) is 9.47 Å². The molecule has 2 aliphatic rings. The fourth-order valence-electron chi connectivity index (χ4n) is 4.30. The first-order valence-corrected chi connectivity index (χ1v) is 12.3. The van der Waals surface area contributed by atoms with E-state index in [2.05, 4.69) is 18.3 Å². The van der Waals surface area contributed by atoms with Gasteiger partial charge in [0.05, 0.1) is 24.4 Å². The smallest absolute Gasteiger partial charge is 0.243 e. The van der Waals surface area contributed by atoms with Crippen molar-refractivity contribution in [1.29, 1.82) is 0 Å². The molecule has 0 radical (unpaired) electrons. The summed E-state index contributed by atoms with van der Waals surface area (Å²) in [7, 11) is 0. The van der Waals surface area contributed by atoms with E-state index < -0.39 is 18.3 Å². The summed E-state index contributed by atoms with van der Waals surface area (Å²) in [5.74, 6) is 0.175. The Labute approximate surface area is 203 Å². The molecule has 1 amide bonds. The Morgan fingerprint density at radius 2 is 1.88 bits per heavy atom. The zero-order valence-electron chi connectivity index (χ0n) is 21.3. The fourth-order valence-corrected chi connectivity index (χ4v) is 4.30. The molecule has 2 heterocycles. The van der Waals surface area contributed by atoms with Gasteiger partial charge in [-0.25, -0.2) is 0 Å². The lowest BCUT2D eigenvalue weighted by Gasteiger charge is -2.39. The first-order chi connectivity index (χ1) is 16.0. The third-order valence-electron chi connectivity index (χ3n) is 6.33. The first-order valence-electron chi connectivity index (χ1n) is 12.3. The van der Waals surface area contributed by atoms with Crippen LogP contribution in [0.15, 0.2) is 36.0 Å². The van der Waals surface area contributed by atoms with Gasteiger partial charge in [-0.15, -0.1) is 0 Å². The molecular formula is C27H41NO6. The number of carbonyl (C=O) groups excluding carboxylic acids is 3. The number of rotatable bonds is 9. The van der Waals surface area contributed by atoms with Crippen molar-refractivity contribution in [2.45, 2.75) is 104 Å². The molecule has 2 rings (SSSR count). The van der Waals surface area contributed by atoms with Crippen LogP contribution in [0.5, 0.6) is 0 Å². The Morgan fingerprint density at radius 1 is 1.18 bits per heavy atom. The van der Waals surface area contributed by atoms with Crippen molar-refractivity contribution >= 4 is 17.5 Å². The minimum absolute atomic E-state index is 0.0223. The van der Waals surface area contributed by atoms with Crippen molar-refractivity contribution in [2.75, 3.05) is 0 Å². The number of allylic oxidation sites excluding steroid dienone is 3. The molecule has 0 aromatic heterocycles. The molecule has 0 unspecified atom stereocenters. The molecule has 34 heavy (non-hydrogen) atoms. The SMILES string of the molecule is CC(=O)C[C@@H]1CC(=O)[C@H](O)[C@@H](/C=C/C(C)=C/C[C@@H]2O[C@H](C)[C@H](NC(=O)/C=C\C(C)C)C[C@@H]2C)O1. The van der Waals surface area contributed by atoms with Crippen LogP contribution in [0.1, 0.15) is 67.2 Å². The molecule has 0 aliphatic carbocycles. The fraction of sp³-hybridized carbons (Fsp3) is 0.667. The molecule has 0 aromatic carbocycles. The van der Waals surface area contributed by atoms with Crippen LogP contribution in [0.4, 0.5) is 0 Å². The number of amides is 1. The van der Waals surface area contributed by atoms with Crippen molar-refractivity contribution in [3.8, 4) is 0 Å². The molecule has 7 atom stereocenters. The quantitative estimate of drug-likeness (QED) is 0.391. The lowest BCUT2D eigenvalue weighted by Crippen LogP contribution is -2.50. The summed E-state index contributed by atoms with van der Waals surface area (Å²) in [4.78, 5) is 35.6. The highest BCUT2D eigenvalue weighted by molar-refractivity contribution is 5.87. The van der Waals surface area contributed by atoms with Crippen molar-refractivity contribution in [3.63, 3.8) is 0 Å². The number of nitrogens with one attached hydrogen (secondary N) is 1. The van der Waals surface area contributed by atoms with E-state index >= 15 is 0 Å². The van der Waals surface area contributed by atoms with Gasteiger partial charge in [0.1, 0.15) is 18.0 Å². The second-order valence-electron chi connectivity index (χ2n) is 10.1. The van der Waals surface area contributed by atoms with Crippen LogP contribution in [0.25, 0.3) is 0 Å². The number of Topliss-reactive ketones (excluding diaryl/α,β-unsaturated/α-hetero) is 2. The standard InChI is InChI=1S/C27H41NO6/c1-16(2)7-12-26(31)28-22-13-18(4)24(33-20(22)6)10-8-17(3)9-11-25-27(32)23(30)15-21(34-25)14-19(5)29/h7-9,11-12,16,18,20-22,24-25,27,32H,10,13-15H2,1-6H3,(H,28,31)/b11-9+,12-7-,17-8+/t18-,20+,21+,22+,24-,25+,27-/m0/s1. The molecule has 0 bridgehead atoms. The van der Waals surface area contributed by atoms with Crippen LogP contribution in [0, 0.1) is 11.8 Å². The molecule has 2 saturated heterocycles.